The van der Waals surface area contributed by atoms with Crippen LogP contribution in [0, 0.1) is 0 Å². The third-order valence-corrected chi connectivity index (χ3v) is 4.40. The molecule has 3 heteroatoms. The summed E-state index contributed by atoms with van der Waals surface area (Å²) in [5, 5.41) is 9.10. The van der Waals surface area contributed by atoms with Gasteiger partial charge < -0.3 is 10.0 Å². The van der Waals surface area contributed by atoms with Gasteiger partial charge in [0.05, 0.1) is 6.42 Å². The zero-order valence-electron chi connectivity index (χ0n) is 10.8. The molecule has 0 amide bonds. The van der Waals surface area contributed by atoms with Gasteiger partial charge in [0.25, 0.3) is 0 Å². The van der Waals surface area contributed by atoms with E-state index in [-0.39, 0.29) is 11.8 Å². The fourth-order valence-electron chi connectivity index (χ4n) is 3.29. The van der Waals surface area contributed by atoms with Gasteiger partial charge in [-0.3, -0.25) is 4.79 Å². The number of nitrogens with zero attached hydrogens (tertiary/aromatic N) is 1. The standard InChI is InChI=1S/C15H19NO2/c1-16-9-3-4-11-12(5-2-6-13(11)16)15(7-8-15)10-14(17)18/h2,5-6H,3-4,7-10H2,1H3,(H,17,18). The van der Waals surface area contributed by atoms with Crippen LogP contribution in [0.4, 0.5) is 5.69 Å². The minimum absolute atomic E-state index is 0.0602. The lowest BCUT2D eigenvalue weighted by atomic mass is 9.84. The number of carboxylic acids is 1. The van der Waals surface area contributed by atoms with Gasteiger partial charge >= 0.3 is 5.97 Å². The van der Waals surface area contributed by atoms with Crippen LogP contribution in [0.2, 0.25) is 0 Å². The normalized spacial score (nSPS) is 20.4. The first-order chi connectivity index (χ1) is 8.62. The van der Waals surface area contributed by atoms with Crippen LogP contribution in [-0.2, 0) is 16.6 Å². The van der Waals surface area contributed by atoms with E-state index in [9.17, 15) is 4.79 Å². The van der Waals surface area contributed by atoms with Crippen molar-refractivity contribution in [1.29, 1.82) is 0 Å². The van der Waals surface area contributed by atoms with Crippen LogP contribution in [0.3, 0.4) is 0 Å². The third kappa shape index (κ3) is 1.78. The molecule has 1 aromatic carbocycles. The molecule has 1 aliphatic heterocycles. The first-order valence-corrected chi connectivity index (χ1v) is 6.68. The molecule has 0 unspecified atom stereocenters. The number of hydrogen-bond donors (Lipinski definition) is 1. The van der Waals surface area contributed by atoms with Gasteiger partial charge in [0.2, 0.25) is 0 Å². The van der Waals surface area contributed by atoms with Crippen molar-refractivity contribution >= 4 is 11.7 Å². The molecule has 0 radical (unpaired) electrons. The third-order valence-electron chi connectivity index (χ3n) is 4.40. The molecule has 0 aromatic heterocycles. The van der Waals surface area contributed by atoms with Gasteiger partial charge in [-0.1, -0.05) is 12.1 Å². The van der Waals surface area contributed by atoms with E-state index in [0.29, 0.717) is 0 Å². The van der Waals surface area contributed by atoms with Crippen LogP contribution >= 0.6 is 0 Å². The van der Waals surface area contributed by atoms with E-state index in [1.54, 1.807) is 0 Å². The van der Waals surface area contributed by atoms with E-state index < -0.39 is 5.97 Å². The number of rotatable bonds is 3. The number of carbonyl (C=O) groups is 1. The smallest absolute Gasteiger partial charge is 0.304 e. The summed E-state index contributed by atoms with van der Waals surface area (Å²) in [7, 11) is 2.12. The highest BCUT2D eigenvalue weighted by atomic mass is 16.4. The molecular weight excluding hydrogens is 226 g/mol. The van der Waals surface area contributed by atoms with E-state index >= 15 is 0 Å². The Morgan fingerprint density at radius 2 is 2.22 bits per heavy atom. The van der Waals surface area contributed by atoms with Crippen LogP contribution in [-0.4, -0.2) is 24.7 Å². The molecule has 1 N–H and O–H groups in total. The summed E-state index contributed by atoms with van der Waals surface area (Å²) >= 11 is 0. The molecule has 0 saturated heterocycles. The van der Waals surface area contributed by atoms with Crippen molar-refractivity contribution in [3.63, 3.8) is 0 Å². The zero-order chi connectivity index (χ0) is 12.8. The van der Waals surface area contributed by atoms with Crippen molar-refractivity contribution in [3.8, 4) is 0 Å². The second kappa shape index (κ2) is 4.01. The van der Waals surface area contributed by atoms with E-state index in [4.69, 9.17) is 5.11 Å². The monoisotopic (exact) mass is 245 g/mol. The van der Waals surface area contributed by atoms with Crippen LogP contribution in [0.1, 0.15) is 36.8 Å². The molecule has 1 saturated carbocycles. The SMILES string of the molecule is CN1CCCc2c1cccc2C1(CC(=O)O)CC1. The highest BCUT2D eigenvalue weighted by molar-refractivity contribution is 5.71. The van der Waals surface area contributed by atoms with Crippen LogP contribution in [0.15, 0.2) is 18.2 Å². The molecule has 0 atom stereocenters. The lowest BCUT2D eigenvalue weighted by Crippen LogP contribution is -2.27. The van der Waals surface area contributed by atoms with Gasteiger partial charge in [-0.2, -0.15) is 0 Å². The van der Waals surface area contributed by atoms with Gasteiger partial charge in [-0.05, 0) is 42.9 Å². The van der Waals surface area contributed by atoms with Crippen molar-refractivity contribution in [2.45, 2.75) is 37.5 Å². The summed E-state index contributed by atoms with van der Waals surface area (Å²) in [5.74, 6) is -0.672. The molecule has 1 aromatic rings. The maximum Gasteiger partial charge on any atom is 0.304 e. The second-order valence-electron chi connectivity index (χ2n) is 5.68. The Hall–Kier alpha value is -1.51. The number of carboxylic acid groups (broad SMARTS) is 1. The second-order valence-corrected chi connectivity index (χ2v) is 5.68. The Bertz CT molecular complexity index is 491. The number of benzene rings is 1. The average molecular weight is 245 g/mol. The van der Waals surface area contributed by atoms with E-state index in [2.05, 4.69) is 30.1 Å². The predicted octanol–water partition coefficient (Wildman–Crippen LogP) is 2.58. The fraction of sp³-hybridized carbons (Fsp3) is 0.533. The highest BCUT2D eigenvalue weighted by Gasteiger charge is 2.47. The number of anilines is 1. The lowest BCUT2D eigenvalue weighted by molar-refractivity contribution is -0.137. The molecule has 3 rings (SSSR count). The van der Waals surface area contributed by atoms with Gasteiger partial charge in [-0.15, -0.1) is 0 Å². The summed E-state index contributed by atoms with van der Waals surface area (Å²) in [6, 6.07) is 6.39. The number of fused-ring (bicyclic) bond motifs is 1. The van der Waals surface area contributed by atoms with Gasteiger partial charge in [0.1, 0.15) is 0 Å². The van der Waals surface area contributed by atoms with Crippen molar-refractivity contribution in [2.75, 3.05) is 18.5 Å². The van der Waals surface area contributed by atoms with E-state index in [1.807, 2.05) is 0 Å². The van der Waals surface area contributed by atoms with Crippen molar-refractivity contribution in [3.05, 3.63) is 29.3 Å². The topological polar surface area (TPSA) is 40.5 Å². The molecule has 1 aliphatic carbocycles. The van der Waals surface area contributed by atoms with Crippen molar-refractivity contribution in [1.82, 2.24) is 0 Å². The van der Waals surface area contributed by atoms with Crippen LogP contribution in [0.25, 0.3) is 0 Å². The Morgan fingerprint density at radius 1 is 1.44 bits per heavy atom. The molecule has 1 heterocycles. The van der Waals surface area contributed by atoms with E-state index in [1.165, 1.54) is 23.2 Å². The summed E-state index contributed by atoms with van der Waals surface area (Å²) in [6.07, 6.45) is 4.60. The first kappa shape index (κ1) is 11.6. The molecule has 1 fully saturated rings. The number of aliphatic carboxylic acids is 1. The molecule has 2 aliphatic rings. The molecule has 18 heavy (non-hydrogen) atoms. The van der Waals surface area contributed by atoms with Gasteiger partial charge in [0, 0.05) is 24.7 Å². The van der Waals surface area contributed by atoms with Crippen LogP contribution < -0.4 is 4.90 Å². The molecular formula is C15H19NO2. The summed E-state index contributed by atoms with van der Waals surface area (Å²) in [5.41, 5.74) is 3.93. The summed E-state index contributed by atoms with van der Waals surface area (Å²) in [4.78, 5) is 13.3. The summed E-state index contributed by atoms with van der Waals surface area (Å²) in [6.45, 7) is 1.10. The van der Waals surface area contributed by atoms with Crippen molar-refractivity contribution < 1.29 is 9.90 Å². The predicted molar refractivity (Wildman–Crippen MR) is 71.2 cm³/mol. The zero-order valence-corrected chi connectivity index (χ0v) is 10.8. The Morgan fingerprint density at radius 3 is 2.89 bits per heavy atom. The van der Waals surface area contributed by atoms with E-state index in [0.717, 1.165) is 25.8 Å². The first-order valence-electron chi connectivity index (χ1n) is 6.68. The Labute approximate surface area is 107 Å². The minimum atomic E-state index is -0.672. The molecule has 0 bridgehead atoms. The molecule has 0 spiro atoms. The van der Waals surface area contributed by atoms with Crippen molar-refractivity contribution in [2.24, 2.45) is 0 Å². The quantitative estimate of drug-likeness (QED) is 0.889. The maximum absolute atomic E-state index is 11.1. The molecule has 96 valence electrons. The summed E-state index contributed by atoms with van der Waals surface area (Å²) < 4.78 is 0. The number of hydrogen-bond acceptors (Lipinski definition) is 2. The average Bonchev–Trinajstić information content (AvgIpc) is 3.09. The Balaban J connectivity index is 2.03. The highest BCUT2D eigenvalue weighted by Crippen LogP contribution is 2.53. The maximum atomic E-state index is 11.1. The molecule has 3 nitrogen and oxygen atoms in total. The van der Waals surface area contributed by atoms with Gasteiger partial charge in [-0.25, -0.2) is 0 Å². The lowest BCUT2D eigenvalue weighted by Gasteiger charge is -2.31. The minimum Gasteiger partial charge on any atom is -0.481 e. The largest absolute Gasteiger partial charge is 0.481 e. The van der Waals surface area contributed by atoms with Crippen LogP contribution in [0.5, 0.6) is 0 Å². The fourth-order valence-corrected chi connectivity index (χ4v) is 3.29. The Kier molecular flexibility index (Phi) is 2.58. The van der Waals surface area contributed by atoms with Gasteiger partial charge in [0.15, 0.2) is 0 Å².